The molecule has 0 radical (unpaired) electrons. The van der Waals surface area contributed by atoms with Gasteiger partial charge in [-0.05, 0) is 67.9 Å². The lowest BCUT2D eigenvalue weighted by Crippen LogP contribution is -2.35. The van der Waals surface area contributed by atoms with Gasteiger partial charge in [0.15, 0.2) is 0 Å². The van der Waals surface area contributed by atoms with Gasteiger partial charge < -0.3 is 24.0 Å². The summed E-state index contributed by atoms with van der Waals surface area (Å²) in [5.41, 5.74) is 3.34. The van der Waals surface area contributed by atoms with Gasteiger partial charge in [0.25, 0.3) is 5.91 Å². The maximum atomic E-state index is 13.2. The summed E-state index contributed by atoms with van der Waals surface area (Å²) in [4.78, 5) is 24.4. The Kier molecular flexibility index (Phi) is 11.5. The molecular weight excluding hydrogens is 638 g/mol. The topological polar surface area (TPSA) is 53.8 Å². The largest absolute Gasteiger partial charge is 0.411 e. The van der Waals surface area contributed by atoms with Crippen LogP contribution in [0.25, 0.3) is 11.0 Å². The molecule has 246 valence electrons. The number of aromatic nitrogens is 2. The van der Waals surface area contributed by atoms with Crippen LogP contribution in [0.1, 0.15) is 34.7 Å². The Morgan fingerprint density at radius 3 is 2.48 bits per heavy atom. The molecule has 1 aliphatic heterocycles. The number of rotatable bonds is 12. The number of para-hydroxylation sites is 2. The number of likely N-dealkylation sites (N-methyl/N-ethyl adjacent to an activating group) is 1. The minimum Gasteiger partial charge on any atom is -0.370 e. The highest BCUT2D eigenvalue weighted by Crippen LogP contribution is 2.30. The number of nitrogens with zero attached hydrogens (tertiary/aromatic N) is 5. The first kappa shape index (κ1) is 34.0. The number of halogens is 5. The molecule has 3 aromatic carbocycles. The zero-order chi connectivity index (χ0) is 32.7. The van der Waals surface area contributed by atoms with Crippen LogP contribution in [0.2, 0.25) is 10.0 Å². The molecular formula is C34H38Cl2F3N5O2. The number of ether oxygens (including phenoxy) is 1. The summed E-state index contributed by atoms with van der Waals surface area (Å²) >= 11 is 12.6. The van der Waals surface area contributed by atoms with E-state index < -0.39 is 12.8 Å². The van der Waals surface area contributed by atoms with Crippen molar-refractivity contribution < 1.29 is 22.7 Å². The summed E-state index contributed by atoms with van der Waals surface area (Å²) in [6.07, 6.45) is -2.66. The average Bonchev–Trinajstić information content (AvgIpc) is 3.24. The van der Waals surface area contributed by atoms with Gasteiger partial charge in [-0.25, -0.2) is 4.98 Å². The molecule has 5 rings (SSSR count). The number of alkyl halides is 3. The molecule has 2 heterocycles. The van der Waals surface area contributed by atoms with E-state index in [-0.39, 0.29) is 25.0 Å². The van der Waals surface area contributed by atoms with Crippen molar-refractivity contribution in [3.63, 3.8) is 0 Å². The molecule has 1 aliphatic rings. The van der Waals surface area contributed by atoms with Crippen LogP contribution >= 0.6 is 23.2 Å². The van der Waals surface area contributed by atoms with E-state index >= 15 is 0 Å². The van der Waals surface area contributed by atoms with Crippen LogP contribution in [0, 0.1) is 0 Å². The number of benzene rings is 3. The summed E-state index contributed by atoms with van der Waals surface area (Å²) < 4.78 is 44.9. The lowest BCUT2D eigenvalue weighted by molar-refractivity contribution is -0.174. The second-order valence-electron chi connectivity index (χ2n) is 11.6. The molecule has 1 amide bonds. The Labute approximate surface area is 277 Å². The van der Waals surface area contributed by atoms with Crippen LogP contribution in [0.15, 0.2) is 72.8 Å². The molecule has 7 nitrogen and oxygen atoms in total. The van der Waals surface area contributed by atoms with E-state index in [1.165, 1.54) is 0 Å². The van der Waals surface area contributed by atoms with Crippen LogP contribution in [-0.2, 0) is 11.3 Å². The van der Waals surface area contributed by atoms with Crippen LogP contribution in [0.4, 0.5) is 19.1 Å². The molecule has 12 heteroatoms. The summed E-state index contributed by atoms with van der Waals surface area (Å²) in [6.45, 7) is 3.44. The molecule has 4 aromatic rings. The fourth-order valence-corrected chi connectivity index (χ4v) is 6.25. The third kappa shape index (κ3) is 8.94. The maximum absolute atomic E-state index is 13.2. The van der Waals surface area contributed by atoms with E-state index in [1.54, 1.807) is 11.0 Å². The van der Waals surface area contributed by atoms with E-state index in [2.05, 4.69) is 9.80 Å². The van der Waals surface area contributed by atoms with Crippen LogP contribution in [0.5, 0.6) is 0 Å². The molecule has 0 bridgehead atoms. The number of hydrogen-bond acceptors (Lipinski definition) is 5. The van der Waals surface area contributed by atoms with Crippen molar-refractivity contribution in [1.29, 1.82) is 0 Å². The minimum atomic E-state index is -4.36. The zero-order valence-electron chi connectivity index (χ0n) is 25.7. The van der Waals surface area contributed by atoms with Gasteiger partial charge in [0.1, 0.15) is 6.61 Å². The molecule has 1 saturated heterocycles. The Hall–Kier alpha value is -3.31. The van der Waals surface area contributed by atoms with Crippen molar-refractivity contribution in [2.75, 3.05) is 64.4 Å². The van der Waals surface area contributed by atoms with Gasteiger partial charge in [0.05, 0.1) is 27.7 Å². The first-order valence-corrected chi connectivity index (χ1v) is 16.2. The third-order valence-electron chi connectivity index (χ3n) is 8.30. The quantitative estimate of drug-likeness (QED) is 0.147. The molecule has 1 aromatic heterocycles. The van der Waals surface area contributed by atoms with Crippen molar-refractivity contribution >= 4 is 46.1 Å². The van der Waals surface area contributed by atoms with Crippen molar-refractivity contribution in [2.24, 2.45) is 0 Å². The minimum absolute atomic E-state index is 0.0349. The lowest BCUT2D eigenvalue weighted by atomic mass is 9.94. The SMILES string of the molecule is CN(CC(CCN1CCCN(c2nc3ccccc3n2CCOCC(F)(F)F)CC1)c1ccc(Cl)c(Cl)c1)C(=O)c1ccccc1. The first-order chi connectivity index (χ1) is 22.1. The lowest BCUT2D eigenvalue weighted by Gasteiger charge is -2.28. The standard InChI is InChI=1S/C34H38Cl2F3N5O2/c1-41(32(45)25-8-3-2-4-9-25)23-27(26-12-13-28(35)29(36)22-26)14-17-42-15-7-16-43(19-18-42)33-40-30-10-5-6-11-31(30)44(33)20-21-46-24-34(37,38)39/h2-6,8-13,22,27H,7,14-21,23-24H2,1H3. The maximum Gasteiger partial charge on any atom is 0.411 e. The monoisotopic (exact) mass is 675 g/mol. The van der Waals surface area contributed by atoms with Gasteiger partial charge >= 0.3 is 6.18 Å². The van der Waals surface area contributed by atoms with E-state index in [0.717, 1.165) is 68.1 Å². The Bertz CT molecular complexity index is 1600. The Morgan fingerprint density at radius 1 is 0.957 bits per heavy atom. The highest BCUT2D eigenvalue weighted by molar-refractivity contribution is 6.42. The predicted molar refractivity (Wildman–Crippen MR) is 177 cm³/mol. The molecule has 46 heavy (non-hydrogen) atoms. The van der Waals surface area contributed by atoms with Gasteiger partial charge in [-0.3, -0.25) is 4.79 Å². The molecule has 1 unspecified atom stereocenters. The average molecular weight is 677 g/mol. The van der Waals surface area contributed by atoms with E-state index in [0.29, 0.717) is 22.2 Å². The summed E-state index contributed by atoms with van der Waals surface area (Å²) in [6, 6.07) is 22.6. The first-order valence-electron chi connectivity index (χ1n) is 15.4. The molecule has 0 aliphatic carbocycles. The second-order valence-corrected chi connectivity index (χ2v) is 12.4. The fourth-order valence-electron chi connectivity index (χ4n) is 5.95. The van der Waals surface area contributed by atoms with Crippen LogP contribution in [0.3, 0.4) is 0 Å². The summed E-state index contributed by atoms with van der Waals surface area (Å²) in [5.74, 6) is 0.740. The molecule has 0 N–H and O–H groups in total. The van der Waals surface area contributed by atoms with Gasteiger partial charge in [0, 0.05) is 51.3 Å². The van der Waals surface area contributed by atoms with Gasteiger partial charge in [-0.1, -0.05) is 59.6 Å². The highest BCUT2D eigenvalue weighted by Gasteiger charge is 2.28. The van der Waals surface area contributed by atoms with Crippen molar-refractivity contribution in [3.8, 4) is 0 Å². The van der Waals surface area contributed by atoms with Gasteiger partial charge in [-0.2, -0.15) is 13.2 Å². The molecule has 0 saturated carbocycles. The van der Waals surface area contributed by atoms with Crippen molar-refractivity contribution in [1.82, 2.24) is 19.4 Å². The number of fused-ring (bicyclic) bond motifs is 1. The normalized spacial score (nSPS) is 15.2. The summed E-state index contributed by atoms with van der Waals surface area (Å²) in [7, 11) is 1.82. The fraction of sp³-hybridized carbons (Fsp3) is 0.412. The zero-order valence-corrected chi connectivity index (χ0v) is 27.2. The van der Waals surface area contributed by atoms with Gasteiger partial charge in [-0.15, -0.1) is 0 Å². The number of imidazole rings is 1. The van der Waals surface area contributed by atoms with Crippen molar-refractivity contribution in [3.05, 3.63) is 94.0 Å². The Morgan fingerprint density at radius 2 is 1.72 bits per heavy atom. The van der Waals surface area contributed by atoms with E-state index in [1.807, 2.05) is 78.3 Å². The third-order valence-corrected chi connectivity index (χ3v) is 9.04. The smallest absolute Gasteiger partial charge is 0.370 e. The number of carbonyl (C=O) groups excluding carboxylic acids is 1. The number of amides is 1. The van der Waals surface area contributed by atoms with Gasteiger partial charge in [0.2, 0.25) is 5.95 Å². The Balaban J connectivity index is 1.25. The van der Waals surface area contributed by atoms with Crippen LogP contribution in [-0.4, -0.2) is 91.0 Å². The molecule has 0 spiro atoms. The highest BCUT2D eigenvalue weighted by atomic mass is 35.5. The van der Waals surface area contributed by atoms with E-state index in [4.69, 9.17) is 32.9 Å². The number of hydrogen-bond donors (Lipinski definition) is 0. The van der Waals surface area contributed by atoms with E-state index in [9.17, 15) is 18.0 Å². The second kappa shape index (κ2) is 15.5. The number of carbonyl (C=O) groups is 1. The molecule has 1 atom stereocenters. The molecule has 1 fully saturated rings. The number of anilines is 1. The van der Waals surface area contributed by atoms with Crippen LogP contribution < -0.4 is 4.90 Å². The summed E-state index contributed by atoms with van der Waals surface area (Å²) in [5, 5.41) is 0.974. The van der Waals surface area contributed by atoms with Crippen molar-refractivity contribution in [2.45, 2.75) is 31.5 Å². The predicted octanol–water partition coefficient (Wildman–Crippen LogP) is 7.38.